The zero-order valence-electron chi connectivity index (χ0n) is 12.2. The Morgan fingerprint density at radius 3 is 2.55 bits per heavy atom. The summed E-state index contributed by atoms with van der Waals surface area (Å²) in [4.78, 5) is 0. The fourth-order valence-electron chi connectivity index (χ4n) is 1.88. The van der Waals surface area contributed by atoms with Crippen molar-refractivity contribution in [3.05, 3.63) is 71.8 Å². The average Bonchev–Trinajstić information content (AvgIpc) is 2.98. The van der Waals surface area contributed by atoms with Crippen LogP contribution in [0.25, 0.3) is 0 Å². The molecule has 5 nitrogen and oxygen atoms in total. The molecule has 0 aromatic heterocycles. The molecular formula is C16H16N5S+. The van der Waals surface area contributed by atoms with Gasteiger partial charge in [0.1, 0.15) is 0 Å². The van der Waals surface area contributed by atoms with Crippen molar-refractivity contribution in [2.75, 3.05) is 12.4 Å². The van der Waals surface area contributed by atoms with Crippen molar-refractivity contribution in [3.63, 3.8) is 0 Å². The Morgan fingerprint density at radius 2 is 1.86 bits per heavy atom. The fraction of sp³-hybridized carbons (Fsp3) is 0.125. The van der Waals surface area contributed by atoms with Crippen LogP contribution in [0.3, 0.4) is 0 Å². The third kappa shape index (κ3) is 3.75. The number of hydrogen-bond donors (Lipinski definition) is 1. The van der Waals surface area contributed by atoms with Gasteiger partial charge in [0.05, 0.1) is 24.7 Å². The molecule has 110 valence electrons. The molecule has 0 atom stereocenters. The molecule has 1 heterocycles. The number of anilines is 1. The summed E-state index contributed by atoms with van der Waals surface area (Å²) in [5, 5.41) is 15.3. The minimum atomic E-state index is 0.804. The van der Waals surface area contributed by atoms with E-state index in [0.717, 1.165) is 17.9 Å². The third-order valence-corrected chi connectivity index (χ3v) is 3.80. The van der Waals surface area contributed by atoms with Gasteiger partial charge in [-0.3, -0.25) is 0 Å². The predicted molar refractivity (Wildman–Crippen MR) is 89.7 cm³/mol. The van der Waals surface area contributed by atoms with Crippen LogP contribution in [-0.2, 0) is 6.54 Å². The summed E-state index contributed by atoms with van der Waals surface area (Å²) in [6.45, 7) is 0.804. The summed E-state index contributed by atoms with van der Waals surface area (Å²) in [6.07, 6.45) is 2.98. The lowest BCUT2D eigenvalue weighted by molar-refractivity contribution is 0.166. The second kappa shape index (κ2) is 6.93. The monoisotopic (exact) mass is 310 g/mol. The molecule has 0 fully saturated rings. The van der Waals surface area contributed by atoms with Crippen LogP contribution in [0.1, 0.15) is 5.56 Å². The quantitative estimate of drug-likeness (QED) is 0.505. The van der Waals surface area contributed by atoms with Gasteiger partial charge in [-0.1, -0.05) is 39.9 Å². The third-order valence-electron chi connectivity index (χ3n) is 3.09. The maximum Gasteiger partial charge on any atom is 0.403 e. The first kappa shape index (κ1) is 14.4. The van der Waals surface area contributed by atoms with E-state index < -0.39 is 0 Å². The first-order valence-electron chi connectivity index (χ1n) is 6.89. The van der Waals surface area contributed by atoms with Crippen molar-refractivity contribution in [3.8, 4) is 0 Å². The Morgan fingerprint density at radius 1 is 1.09 bits per heavy atom. The summed E-state index contributed by atoms with van der Waals surface area (Å²) < 4.78 is 1.65. The van der Waals surface area contributed by atoms with E-state index in [2.05, 4.69) is 34.0 Å². The fourth-order valence-corrected chi connectivity index (χ4v) is 2.45. The summed E-state index contributed by atoms with van der Waals surface area (Å²) >= 11 is 1.43. The topological polar surface area (TPSA) is 43.2 Å². The van der Waals surface area contributed by atoms with Gasteiger partial charge in [-0.25, -0.2) is 0 Å². The van der Waals surface area contributed by atoms with Crippen LogP contribution in [0.4, 0.5) is 11.4 Å². The minimum Gasteiger partial charge on any atom is -0.381 e. The first-order valence-corrected chi connectivity index (χ1v) is 7.73. The lowest BCUT2D eigenvalue weighted by Gasteiger charge is -2.08. The summed E-state index contributed by atoms with van der Waals surface area (Å²) in [5.74, 6) is 0. The van der Waals surface area contributed by atoms with Crippen LogP contribution in [0.15, 0.2) is 70.3 Å². The summed E-state index contributed by atoms with van der Waals surface area (Å²) in [6, 6.07) is 18.2. The standard InChI is InChI=1S/C16H16N5S/c1-20-11-12-22-21(20)19-18-16-9-7-15(8-10-16)17-13-14-5-3-2-4-6-14/h2-10,12,17H,13H2,1H3/q+1. The molecule has 0 saturated carbocycles. The van der Waals surface area contributed by atoms with Gasteiger partial charge in [0.25, 0.3) is 5.41 Å². The normalized spacial score (nSPS) is 13.7. The van der Waals surface area contributed by atoms with Crippen LogP contribution in [0.5, 0.6) is 0 Å². The zero-order valence-corrected chi connectivity index (χ0v) is 13.0. The predicted octanol–water partition coefficient (Wildman–Crippen LogP) is 4.38. The van der Waals surface area contributed by atoms with Gasteiger partial charge in [-0.2, -0.15) is 0 Å². The molecule has 3 rings (SSSR count). The molecule has 0 amide bonds. The zero-order chi connectivity index (χ0) is 15.2. The minimum absolute atomic E-state index is 0.804. The first-order chi connectivity index (χ1) is 10.8. The van der Waals surface area contributed by atoms with E-state index in [1.54, 1.807) is 9.53 Å². The Kier molecular flexibility index (Phi) is 4.53. The van der Waals surface area contributed by atoms with E-state index in [1.165, 1.54) is 17.5 Å². The van der Waals surface area contributed by atoms with E-state index in [4.69, 9.17) is 0 Å². The highest BCUT2D eigenvalue weighted by molar-refractivity contribution is 7.99. The molecule has 6 heteroatoms. The van der Waals surface area contributed by atoms with E-state index in [0.29, 0.717) is 0 Å². The molecule has 1 N–H and O–H groups in total. The summed E-state index contributed by atoms with van der Waals surface area (Å²) in [7, 11) is 1.87. The molecule has 1 aliphatic heterocycles. The SMILES string of the molecule is CN1[C+]=CSN1N=Nc1ccc(NCc2ccccc2)cc1. The maximum absolute atomic E-state index is 4.20. The second-order valence-corrected chi connectivity index (χ2v) is 5.48. The van der Waals surface area contributed by atoms with E-state index in [9.17, 15) is 0 Å². The van der Waals surface area contributed by atoms with E-state index in [1.807, 2.05) is 54.9 Å². The van der Waals surface area contributed by atoms with E-state index in [-0.39, 0.29) is 0 Å². The molecule has 22 heavy (non-hydrogen) atoms. The maximum atomic E-state index is 4.20. The molecule has 2 aromatic rings. The van der Waals surface area contributed by atoms with Crippen LogP contribution in [0.2, 0.25) is 0 Å². The van der Waals surface area contributed by atoms with Crippen LogP contribution < -0.4 is 5.32 Å². The molecule has 0 radical (unpaired) electrons. The molecule has 0 bridgehead atoms. The number of nitrogens with zero attached hydrogens (tertiary/aromatic N) is 4. The smallest absolute Gasteiger partial charge is 0.381 e. The van der Waals surface area contributed by atoms with Crippen LogP contribution >= 0.6 is 11.9 Å². The van der Waals surface area contributed by atoms with Gasteiger partial charge >= 0.3 is 6.20 Å². The van der Waals surface area contributed by atoms with Gasteiger partial charge in [-0.05, 0) is 35.1 Å². The molecule has 0 spiro atoms. The van der Waals surface area contributed by atoms with Crippen molar-refractivity contribution >= 4 is 23.3 Å². The Labute approximate surface area is 134 Å². The van der Waals surface area contributed by atoms with Crippen LogP contribution in [0, 0.1) is 6.20 Å². The lowest BCUT2D eigenvalue weighted by atomic mass is 10.2. The number of hydrazine groups is 1. The van der Waals surface area contributed by atoms with Crippen LogP contribution in [-0.4, -0.2) is 16.6 Å². The highest BCUT2D eigenvalue weighted by Crippen LogP contribution is 2.24. The molecule has 0 unspecified atom stereocenters. The largest absolute Gasteiger partial charge is 0.403 e. The average molecular weight is 310 g/mol. The van der Waals surface area contributed by atoms with E-state index >= 15 is 0 Å². The Hall–Kier alpha value is -2.56. The number of rotatable bonds is 5. The Balaban J connectivity index is 1.55. The van der Waals surface area contributed by atoms with Crippen molar-refractivity contribution in [1.82, 2.24) is 9.53 Å². The number of benzene rings is 2. The van der Waals surface area contributed by atoms with Crippen molar-refractivity contribution in [2.24, 2.45) is 10.3 Å². The van der Waals surface area contributed by atoms with Gasteiger partial charge in [-0.15, -0.1) is 5.11 Å². The van der Waals surface area contributed by atoms with Crippen molar-refractivity contribution in [1.29, 1.82) is 0 Å². The van der Waals surface area contributed by atoms with Gasteiger partial charge in [0.15, 0.2) is 0 Å². The molecule has 1 aliphatic rings. The summed E-state index contributed by atoms with van der Waals surface area (Å²) in [5.41, 5.74) is 3.13. The lowest BCUT2D eigenvalue weighted by Crippen LogP contribution is -2.20. The number of nitrogens with one attached hydrogen (secondary N) is 1. The number of hydrogen-bond acceptors (Lipinski definition) is 5. The second-order valence-electron chi connectivity index (χ2n) is 4.70. The Bertz CT molecular complexity index is 654. The molecule has 0 saturated heterocycles. The van der Waals surface area contributed by atoms with Crippen molar-refractivity contribution < 1.29 is 0 Å². The van der Waals surface area contributed by atoms with Gasteiger partial charge < -0.3 is 5.32 Å². The van der Waals surface area contributed by atoms with Gasteiger partial charge in [0, 0.05) is 12.2 Å². The highest BCUT2D eigenvalue weighted by atomic mass is 32.2. The highest BCUT2D eigenvalue weighted by Gasteiger charge is 2.24. The van der Waals surface area contributed by atoms with Crippen molar-refractivity contribution in [2.45, 2.75) is 6.54 Å². The molecule has 2 aromatic carbocycles. The molecule has 0 aliphatic carbocycles. The van der Waals surface area contributed by atoms with Gasteiger partial charge in [0.2, 0.25) is 0 Å². The molecular weight excluding hydrogens is 294 g/mol.